The molecule has 1 aromatic rings. The van der Waals surface area contributed by atoms with Gasteiger partial charge >= 0.3 is 0 Å². The van der Waals surface area contributed by atoms with E-state index in [1.165, 1.54) is 23.6 Å². The third-order valence-corrected chi connectivity index (χ3v) is 4.37. The van der Waals surface area contributed by atoms with Gasteiger partial charge in [-0.25, -0.2) is 0 Å². The smallest absolute Gasteiger partial charge is 0.0555 e. The molecule has 1 atom stereocenters. The molecular formula is C15H20N2S. The van der Waals surface area contributed by atoms with E-state index >= 15 is 0 Å². The fraction of sp³-hybridized carbons (Fsp3) is 0.467. The van der Waals surface area contributed by atoms with Crippen molar-refractivity contribution in [3.8, 4) is 11.8 Å². The number of rotatable bonds is 2. The van der Waals surface area contributed by atoms with Gasteiger partial charge in [-0.1, -0.05) is 24.0 Å². The SMILES string of the molecule is CC1CSCCN1Cc1ccc(C#CCN)cc1. The quantitative estimate of drug-likeness (QED) is 0.824. The van der Waals surface area contributed by atoms with E-state index in [1.54, 1.807) is 0 Å². The van der Waals surface area contributed by atoms with Crippen LogP contribution in [0.15, 0.2) is 24.3 Å². The van der Waals surface area contributed by atoms with Crippen LogP contribution < -0.4 is 5.73 Å². The summed E-state index contributed by atoms with van der Waals surface area (Å²) in [4.78, 5) is 2.55. The Balaban J connectivity index is 1.97. The van der Waals surface area contributed by atoms with Crippen molar-refractivity contribution in [2.45, 2.75) is 19.5 Å². The standard InChI is InChI=1S/C15H20N2S/c1-13-12-18-10-9-17(13)11-15-6-4-14(5-7-15)3-2-8-16/h4-7,13H,8-12,16H2,1H3. The lowest BCUT2D eigenvalue weighted by Crippen LogP contribution is -2.39. The minimum atomic E-state index is 0.421. The molecule has 2 nitrogen and oxygen atoms in total. The van der Waals surface area contributed by atoms with Gasteiger partial charge in [0.25, 0.3) is 0 Å². The Labute approximate surface area is 114 Å². The lowest BCUT2D eigenvalue weighted by atomic mass is 10.1. The van der Waals surface area contributed by atoms with Crippen molar-refractivity contribution in [2.24, 2.45) is 5.73 Å². The molecule has 0 aromatic heterocycles. The van der Waals surface area contributed by atoms with Crippen LogP contribution in [-0.4, -0.2) is 35.5 Å². The number of nitrogens with two attached hydrogens (primary N) is 1. The highest BCUT2D eigenvalue weighted by atomic mass is 32.2. The molecule has 1 fully saturated rings. The summed E-state index contributed by atoms with van der Waals surface area (Å²) in [6.07, 6.45) is 0. The normalized spacial score (nSPS) is 20.2. The lowest BCUT2D eigenvalue weighted by Gasteiger charge is -2.32. The van der Waals surface area contributed by atoms with Gasteiger partial charge in [0.1, 0.15) is 0 Å². The highest BCUT2D eigenvalue weighted by Gasteiger charge is 2.18. The summed E-state index contributed by atoms with van der Waals surface area (Å²) in [5, 5.41) is 0. The largest absolute Gasteiger partial charge is 0.320 e. The molecule has 96 valence electrons. The zero-order valence-corrected chi connectivity index (χ0v) is 11.7. The van der Waals surface area contributed by atoms with E-state index in [0.717, 1.165) is 12.1 Å². The van der Waals surface area contributed by atoms with Crippen molar-refractivity contribution in [1.82, 2.24) is 4.90 Å². The van der Waals surface area contributed by atoms with E-state index in [4.69, 9.17) is 5.73 Å². The van der Waals surface area contributed by atoms with E-state index < -0.39 is 0 Å². The summed E-state index contributed by atoms with van der Waals surface area (Å²) >= 11 is 2.06. The second-order valence-electron chi connectivity index (χ2n) is 4.60. The topological polar surface area (TPSA) is 29.3 Å². The summed E-state index contributed by atoms with van der Waals surface area (Å²) in [6, 6.07) is 9.20. The first-order chi connectivity index (χ1) is 8.79. The molecule has 0 radical (unpaired) electrons. The molecule has 1 aromatic carbocycles. The average molecular weight is 260 g/mol. The van der Waals surface area contributed by atoms with Gasteiger partial charge < -0.3 is 5.73 Å². The highest BCUT2D eigenvalue weighted by Crippen LogP contribution is 2.18. The summed E-state index contributed by atoms with van der Waals surface area (Å²) < 4.78 is 0. The van der Waals surface area contributed by atoms with Crippen LogP contribution in [0.5, 0.6) is 0 Å². The van der Waals surface area contributed by atoms with E-state index in [2.05, 4.69) is 59.7 Å². The van der Waals surface area contributed by atoms with Crippen LogP contribution >= 0.6 is 11.8 Å². The van der Waals surface area contributed by atoms with Crippen LogP contribution in [-0.2, 0) is 6.54 Å². The van der Waals surface area contributed by atoms with Crippen LogP contribution in [0.25, 0.3) is 0 Å². The van der Waals surface area contributed by atoms with Crippen molar-refractivity contribution in [1.29, 1.82) is 0 Å². The van der Waals surface area contributed by atoms with Crippen molar-refractivity contribution >= 4 is 11.8 Å². The van der Waals surface area contributed by atoms with Gasteiger partial charge in [0, 0.05) is 36.2 Å². The van der Waals surface area contributed by atoms with Crippen LogP contribution in [0.1, 0.15) is 18.1 Å². The van der Waals surface area contributed by atoms with Crippen LogP contribution in [0.3, 0.4) is 0 Å². The third-order valence-electron chi connectivity index (χ3n) is 3.18. The van der Waals surface area contributed by atoms with Crippen molar-refractivity contribution < 1.29 is 0 Å². The Morgan fingerprint density at radius 2 is 2.17 bits per heavy atom. The maximum Gasteiger partial charge on any atom is 0.0555 e. The minimum Gasteiger partial charge on any atom is -0.320 e. The molecule has 1 aliphatic heterocycles. The summed E-state index contributed by atoms with van der Waals surface area (Å²) in [6.45, 7) is 4.98. The maximum atomic E-state index is 5.36. The van der Waals surface area contributed by atoms with E-state index in [9.17, 15) is 0 Å². The minimum absolute atomic E-state index is 0.421. The maximum absolute atomic E-state index is 5.36. The lowest BCUT2D eigenvalue weighted by molar-refractivity contribution is 0.224. The van der Waals surface area contributed by atoms with Crippen LogP contribution in [0.4, 0.5) is 0 Å². The van der Waals surface area contributed by atoms with Crippen molar-refractivity contribution in [3.63, 3.8) is 0 Å². The predicted octanol–water partition coefficient (Wildman–Crippen LogP) is 1.93. The van der Waals surface area contributed by atoms with Gasteiger partial charge in [-0.05, 0) is 24.6 Å². The van der Waals surface area contributed by atoms with E-state index in [1.807, 2.05) is 0 Å². The van der Waals surface area contributed by atoms with Crippen LogP contribution in [0, 0.1) is 11.8 Å². The summed E-state index contributed by atoms with van der Waals surface area (Å²) in [5.41, 5.74) is 7.78. The Morgan fingerprint density at radius 3 is 2.83 bits per heavy atom. The highest BCUT2D eigenvalue weighted by molar-refractivity contribution is 7.99. The first-order valence-corrected chi connectivity index (χ1v) is 7.55. The Kier molecular flexibility index (Phi) is 5.12. The monoisotopic (exact) mass is 260 g/mol. The first-order valence-electron chi connectivity index (χ1n) is 6.39. The number of hydrogen-bond donors (Lipinski definition) is 1. The molecule has 3 heteroatoms. The number of benzene rings is 1. The van der Waals surface area contributed by atoms with Crippen molar-refractivity contribution in [3.05, 3.63) is 35.4 Å². The molecule has 0 amide bonds. The Morgan fingerprint density at radius 1 is 1.39 bits per heavy atom. The van der Waals surface area contributed by atoms with Gasteiger partial charge in [-0.2, -0.15) is 11.8 Å². The molecule has 1 heterocycles. The number of nitrogens with zero attached hydrogens (tertiary/aromatic N) is 1. The molecule has 18 heavy (non-hydrogen) atoms. The fourth-order valence-electron chi connectivity index (χ4n) is 2.08. The van der Waals surface area contributed by atoms with E-state index in [0.29, 0.717) is 12.6 Å². The van der Waals surface area contributed by atoms with E-state index in [-0.39, 0.29) is 0 Å². The molecule has 1 saturated heterocycles. The molecule has 0 saturated carbocycles. The molecular weight excluding hydrogens is 240 g/mol. The average Bonchev–Trinajstić information content (AvgIpc) is 2.41. The molecule has 2 rings (SSSR count). The molecule has 1 unspecified atom stereocenters. The first kappa shape index (κ1) is 13.5. The van der Waals surface area contributed by atoms with Gasteiger partial charge in [-0.15, -0.1) is 0 Å². The van der Waals surface area contributed by atoms with Gasteiger partial charge in [0.15, 0.2) is 0 Å². The fourth-order valence-corrected chi connectivity index (χ4v) is 3.16. The van der Waals surface area contributed by atoms with Crippen molar-refractivity contribution in [2.75, 3.05) is 24.6 Å². The Bertz CT molecular complexity index is 430. The molecule has 0 bridgehead atoms. The second-order valence-corrected chi connectivity index (χ2v) is 5.75. The molecule has 1 aliphatic rings. The molecule has 2 N–H and O–H groups in total. The summed E-state index contributed by atoms with van der Waals surface area (Å²) in [5.74, 6) is 8.43. The third kappa shape index (κ3) is 3.78. The Hall–Kier alpha value is -0.950. The van der Waals surface area contributed by atoms with Gasteiger partial charge in [0.05, 0.1) is 6.54 Å². The van der Waals surface area contributed by atoms with Gasteiger partial charge in [-0.3, -0.25) is 4.90 Å². The molecule has 0 spiro atoms. The number of thioether (sulfide) groups is 1. The zero-order chi connectivity index (χ0) is 12.8. The molecule has 0 aliphatic carbocycles. The van der Waals surface area contributed by atoms with Gasteiger partial charge in [0.2, 0.25) is 0 Å². The second kappa shape index (κ2) is 6.84. The number of hydrogen-bond acceptors (Lipinski definition) is 3. The zero-order valence-electron chi connectivity index (χ0n) is 10.9. The van der Waals surface area contributed by atoms with Crippen LogP contribution in [0.2, 0.25) is 0 Å². The predicted molar refractivity (Wildman–Crippen MR) is 79.6 cm³/mol. The summed E-state index contributed by atoms with van der Waals surface area (Å²) in [7, 11) is 0.